The Labute approximate surface area is 119 Å². The summed E-state index contributed by atoms with van der Waals surface area (Å²) in [6.07, 6.45) is 2.72. The van der Waals surface area contributed by atoms with Gasteiger partial charge in [0.1, 0.15) is 11.6 Å². The highest BCUT2D eigenvalue weighted by atomic mass is 16.5. The number of nitrogens with two attached hydrogens (primary N) is 1. The second kappa shape index (κ2) is 5.32. The van der Waals surface area contributed by atoms with Crippen LogP contribution in [0.1, 0.15) is 18.4 Å². The standard InChI is InChI=1S/C15H22N4O/c1-20-12-4-5-13(15(16)17)14(10-12)19-8-6-18(7-9-19)11-2-3-11/h4-5,10-11H,2-3,6-9H2,1H3,(H3,16,17). The average Bonchev–Trinajstić information content (AvgIpc) is 3.31. The molecule has 1 saturated heterocycles. The Morgan fingerprint density at radius 2 is 1.95 bits per heavy atom. The zero-order chi connectivity index (χ0) is 14.1. The van der Waals surface area contributed by atoms with Crippen LogP contribution in [-0.4, -0.2) is 50.1 Å². The topological polar surface area (TPSA) is 65.6 Å². The fraction of sp³-hybridized carbons (Fsp3) is 0.533. The van der Waals surface area contributed by atoms with Crippen molar-refractivity contribution < 1.29 is 4.74 Å². The Kier molecular flexibility index (Phi) is 3.53. The lowest BCUT2D eigenvalue weighted by Gasteiger charge is -2.37. The van der Waals surface area contributed by atoms with Crippen molar-refractivity contribution in [3.05, 3.63) is 23.8 Å². The van der Waals surface area contributed by atoms with Crippen LogP contribution >= 0.6 is 0 Å². The lowest BCUT2D eigenvalue weighted by atomic mass is 10.1. The van der Waals surface area contributed by atoms with Gasteiger partial charge in [-0.2, -0.15) is 0 Å². The highest BCUT2D eigenvalue weighted by Crippen LogP contribution is 2.30. The number of nitrogens with zero attached hydrogens (tertiary/aromatic N) is 2. The summed E-state index contributed by atoms with van der Waals surface area (Å²) in [4.78, 5) is 4.89. The number of nitrogen functional groups attached to an aromatic ring is 1. The number of hydrogen-bond donors (Lipinski definition) is 2. The molecule has 1 aromatic carbocycles. The molecule has 1 aliphatic carbocycles. The first kappa shape index (κ1) is 13.2. The Balaban J connectivity index is 1.79. The van der Waals surface area contributed by atoms with Gasteiger partial charge in [0.2, 0.25) is 0 Å². The molecule has 0 amide bonds. The van der Waals surface area contributed by atoms with Crippen molar-refractivity contribution in [1.29, 1.82) is 5.41 Å². The summed E-state index contributed by atoms with van der Waals surface area (Å²) in [6, 6.07) is 6.56. The van der Waals surface area contributed by atoms with E-state index in [1.807, 2.05) is 18.2 Å². The van der Waals surface area contributed by atoms with Gasteiger partial charge >= 0.3 is 0 Å². The van der Waals surface area contributed by atoms with Gasteiger partial charge in [-0.05, 0) is 25.0 Å². The van der Waals surface area contributed by atoms with Gasteiger partial charge < -0.3 is 15.4 Å². The molecule has 108 valence electrons. The fourth-order valence-corrected chi connectivity index (χ4v) is 2.90. The van der Waals surface area contributed by atoms with E-state index < -0.39 is 0 Å². The zero-order valence-corrected chi connectivity index (χ0v) is 11.9. The maximum absolute atomic E-state index is 7.74. The molecular formula is C15H22N4O. The number of amidine groups is 1. The number of anilines is 1. The van der Waals surface area contributed by atoms with Gasteiger partial charge in [-0.15, -0.1) is 0 Å². The van der Waals surface area contributed by atoms with Gasteiger partial charge in [-0.1, -0.05) is 0 Å². The van der Waals surface area contributed by atoms with E-state index in [-0.39, 0.29) is 5.84 Å². The number of benzene rings is 1. The van der Waals surface area contributed by atoms with Crippen molar-refractivity contribution in [3.63, 3.8) is 0 Å². The molecule has 3 rings (SSSR count). The molecule has 1 saturated carbocycles. The molecule has 1 heterocycles. The van der Waals surface area contributed by atoms with E-state index in [0.29, 0.717) is 0 Å². The molecule has 0 atom stereocenters. The fourth-order valence-electron chi connectivity index (χ4n) is 2.90. The van der Waals surface area contributed by atoms with Crippen molar-refractivity contribution in [3.8, 4) is 5.75 Å². The number of hydrogen-bond acceptors (Lipinski definition) is 4. The Bertz CT molecular complexity index is 505. The van der Waals surface area contributed by atoms with Crippen molar-refractivity contribution >= 4 is 11.5 Å². The van der Waals surface area contributed by atoms with E-state index in [1.165, 1.54) is 12.8 Å². The molecule has 5 heteroatoms. The summed E-state index contributed by atoms with van der Waals surface area (Å²) in [7, 11) is 1.66. The van der Waals surface area contributed by atoms with Gasteiger partial charge in [-0.3, -0.25) is 10.3 Å². The second-order valence-corrected chi connectivity index (χ2v) is 5.55. The number of methoxy groups -OCH3 is 1. The van der Waals surface area contributed by atoms with Crippen LogP contribution < -0.4 is 15.4 Å². The molecule has 2 aliphatic rings. The Hall–Kier alpha value is -1.75. The molecule has 0 bridgehead atoms. The van der Waals surface area contributed by atoms with Gasteiger partial charge in [-0.25, -0.2) is 0 Å². The third-order valence-electron chi connectivity index (χ3n) is 4.21. The van der Waals surface area contributed by atoms with Crippen LogP contribution in [0.3, 0.4) is 0 Å². The molecule has 1 aromatic rings. The second-order valence-electron chi connectivity index (χ2n) is 5.55. The predicted octanol–water partition coefficient (Wildman–Crippen LogP) is 1.26. The van der Waals surface area contributed by atoms with Gasteiger partial charge in [0.25, 0.3) is 0 Å². The van der Waals surface area contributed by atoms with Crippen LogP contribution in [0, 0.1) is 5.41 Å². The highest BCUT2D eigenvalue weighted by Gasteiger charge is 2.31. The minimum atomic E-state index is 0.118. The normalized spacial score (nSPS) is 19.9. The van der Waals surface area contributed by atoms with Gasteiger partial charge in [0.05, 0.1) is 12.8 Å². The number of ether oxygens (including phenoxy) is 1. The number of rotatable bonds is 4. The predicted molar refractivity (Wildman–Crippen MR) is 80.8 cm³/mol. The zero-order valence-electron chi connectivity index (χ0n) is 11.9. The highest BCUT2D eigenvalue weighted by molar-refractivity contribution is 6.00. The minimum Gasteiger partial charge on any atom is -0.497 e. The Morgan fingerprint density at radius 1 is 1.25 bits per heavy atom. The lowest BCUT2D eigenvalue weighted by Crippen LogP contribution is -2.47. The summed E-state index contributed by atoms with van der Waals surface area (Å²) < 4.78 is 5.30. The maximum Gasteiger partial charge on any atom is 0.124 e. The van der Waals surface area contributed by atoms with Crippen LogP contribution in [0.4, 0.5) is 5.69 Å². The molecule has 0 radical (unpaired) electrons. The summed E-state index contributed by atoms with van der Waals surface area (Å²) in [5.74, 6) is 0.932. The largest absolute Gasteiger partial charge is 0.497 e. The third kappa shape index (κ3) is 2.58. The van der Waals surface area contributed by atoms with Crippen LogP contribution in [0.5, 0.6) is 5.75 Å². The lowest BCUT2D eigenvalue weighted by molar-refractivity contribution is 0.248. The molecule has 0 spiro atoms. The van der Waals surface area contributed by atoms with E-state index >= 15 is 0 Å². The quantitative estimate of drug-likeness (QED) is 0.641. The minimum absolute atomic E-state index is 0.118. The molecule has 2 fully saturated rings. The summed E-state index contributed by atoms with van der Waals surface area (Å²) in [5, 5.41) is 7.74. The molecular weight excluding hydrogens is 252 g/mol. The van der Waals surface area contributed by atoms with E-state index in [2.05, 4.69) is 9.80 Å². The summed E-state index contributed by atoms with van der Waals surface area (Å²) in [6.45, 7) is 4.17. The maximum atomic E-state index is 7.74. The smallest absolute Gasteiger partial charge is 0.124 e. The number of piperazine rings is 1. The molecule has 5 nitrogen and oxygen atoms in total. The molecule has 1 aliphatic heterocycles. The van der Waals surface area contributed by atoms with E-state index in [1.54, 1.807) is 7.11 Å². The first-order valence-corrected chi connectivity index (χ1v) is 7.20. The van der Waals surface area contributed by atoms with Crippen LogP contribution in [0.25, 0.3) is 0 Å². The number of nitrogens with one attached hydrogen (secondary N) is 1. The summed E-state index contributed by atoms with van der Waals surface area (Å²) >= 11 is 0. The van der Waals surface area contributed by atoms with Crippen molar-refractivity contribution in [2.24, 2.45) is 5.73 Å². The van der Waals surface area contributed by atoms with Crippen molar-refractivity contribution in [1.82, 2.24) is 4.90 Å². The molecule has 3 N–H and O–H groups in total. The van der Waals surface area contributed by atoms with Crippen LogP contribution in [0.15, 0.2) is 18.2 Å². The first-order valence-electron chi connectivity index (χ1n) is 7.20. The van der Waals surface area contributed by atoms with E-state index in [4.69, 9.17) is 15.9 Å². The monoisotopic (exact) mass is 274 g/mol. The summed E-state index contributed by atoms with van der Waals surface area (Å²) in [5.41, 5.74) is 7.52. The average molecular weight is 274 g/mol. The SMILES string of the molecule is COc1ccc(C(=N)N)c(N2CCN(C3CC3)CC2)c1. The van der Waals surface area contributed by atoms with Crippen LogP contribution in [0.2, 0.25) is 0 Å². The van der Waals surface area contributed by atoms with E-state index in [9.17, 15) is 0 Å². The van der Waals surface area contributed by atoms with Gasteiger partial charge in [0.15, 0.2) is 0 Å². The van der Waals surface area contributed by atoms with Crippen molar-refractivity contribution in [2.75, 3.05) is 38.2 Å². The first-order chi connectivity index (χ1) is 9.69. The molecule has 0 aromatic heterocycles. The van der Waals surface area contributed by atoms with Gasteiger partial charge in [0, 0.05) is 43.9 Å². The molecule has 0 unspecified atom stereocenters. The Morgan fingerprint density at radius 3 is 2.50 bits per heavy atom. The molecule has 20 heavy (non-hydrogen) atoms. The van der Waals surface area contributed by atoms with Crippen molar-refractivity contribution in [2.45, 2.75) is 18.9 Å². The third-order valence-corrected chi connectivity index (χ3v) is 4.21. The van der Waals surface area contributed by atoms with Crippen LogP contribution in [-0.2, 0) is 0 Å². The van der Waals surface area contributed by atoms with E-state index in [0.717, 1.165) is 49.2 Å².